The van der Waals surface area contributed by atoms with Crippen molar-refractivity contribution in [3.8, 4) is 0 Å². The second-order valence-electron chi connectivity index (χ2n) is 4.81. The summed E-state index contributed by atoms with van der Waals surface area (Å²) in [7, 11) is 0. The van der Waals surface area contributed by atoms with E-state index in [1.807, 2.05) is 20.8 Å². The van der Waals surface area contributed by atoms with E-state index in [1.165, 1.54) is 0 Å². The molecule has 0 fully saturated rings. The number of halogens is 2. The Hall–Kier alpha value is -0.770. The first-order valence-electron chi connectivity index (χ1n) is 5.83. The van der Waals surface area contributed by atoms with Crippen LogP contribution in [-0.2, 0) is 4.79 Å². The van der Waals surface area contributed by atoms with Crippen molar-refractivity contribution in [2.45, 2.75) is 33.2 Å². The molecule has 0 radical (unpaired) electrons. The van der Waals surface area contributed by atoms with E-state index < -0.39 is 6.04 Å². The SMILES string of the molecule is Cc1cc(Cl)c(NC(=O)C(N)CC(C)C)cc1Cl. The molecule has 3 nitrogen and oxygen atoms in total. The van der Waals surface area contributed by atoms with E-state index in [0.717, 1.165) is 5.56 Å². The Morgan fingerprint density at radius 1 is 1.33 bits per heavy atom. The van der Waals surface area contributed by atoms with Gasteiger partial charge in [0, 0.05) is 5.02 Å². The van der Waals surface area contributed by atoms with Gasteiger partial charge in [0.25, 0.3) is 0 Å². The Bertz CT molecular complexity index is 447. The fourth-order valence-electron chi connectivity index (χ4n) is 1.58. The number of hydrogen-bond donors (Lipinski definition) is 2. The lowest BCUT2D eigenvalue weighted by molar-refractivity contribution is -0.117. The van der Waals surface area contributed by atoms with Crippen LogP contribution in [-0.4, -0.2) is 11.9 Å². The minimum absolute atomic E-state index is 0.245. The Kier molecular flexibility index (Phi) is 5.45. The normalized spacial score (nSPS) is 12.6. The van der Waals surface area contributed by atoms with Gasteiger partial charge in [0.2, 0.25) is 5.91 Å². The van der Waals surface area contributed by atoms with Crippen LogP contribution in [0.5, 0.6) is 0 Å². The van der Waals surface area contributed by atoms with Crippen molar-refractivity contribution in [1.29, 1.82) is 0 Å². The molecular formula is C13H18Cl2N2O. The second-order valence-corrected chi connectivity index (χ2v) is 5.62. The predicted molar refractivity (Wildman–Crippen MR) is 77.3 cm³/mol. The van der Waals surface area contributed by atoms with Crippen LogP contribution in [0.4, 0.5) is 5.69 Å². The summed E-state index contributed by atoms with van der Waals surface area (Å²) in [6.07, 6.45) is 0.628. The van der Waals surface area contributed by atoms with Crippen molar-refractivity contribution in [2.24, 2.45) is 11.7 Å². The van der Waals surface area contributed by atoms with Crippen LogP contribution >= 0.6 is 23.2 Å². The summed E-state index contributed by atoms with van der Waals surface area (Å²) in [4.78, 5) is 11.9. The summed E-state index contributed by atoms with van der Waals surface area (Å²) in [5.74, 6) is 0.119. The van der Waals surface area contributed by atoms with Crippen molar-refractivity contribution in [3.63, 3.8) is 0 Å². The fourth-order valence-corrected chi connectivity index (χ4v) is 2.01. The summed E-state index contributed by atoms with van der Waals surface area (Å²) in [6, 6.07) is 2.81. The molecule has 1 rings (SSSR count). The highest BCUT2D eigenvalue weighted by molar-refractivity contribution is 6.36. The first kappa shape index (κ1) is 15.3. The molecule has 0 aliphatic rings. The van der Waals surface area contributed by atoms with E-state index >= 15 is 0 Å². The topological polar surface area (TPSA) is 55.1 Å². The molecule has 18 heavy (non-hydrogen) atoms. The average molecular weight is 289 g/mol. The number of hydrogen-bond acceptors (Lipinski definition) is 2. The summed E-state index contributed by atoms with van der Waals surface area (Å²) < 4.78 is 0. The van der Waals surface area contributed by atoms with Crippen LogP contribution in [0, 0.1) is 12.8 Å². The van der Waals surface area contributed by atoms with Crippen molar-refractivity contribution >= 4 is 34.8 Å². The van der Waals surface area contributed by atoms with E-state index in [2.05, 4.69) is 5.32 Å². The van der Waals surface area contributed by atoms with E-state index in [-0.39, 0.29) is 5.91 Å². The van der Waals surface area contributed by atoms with Gasteiger partial charge in [-0.3, -0.25) is 4.79 Å². The molecule has 1 aromatic rings. The zero-order valence-electron chi connectivity index (χ0n) is 10.8. The van der Waals surface area contributed by atoms with Gasteiger partial charge >= 0.3 is 0 Å². The number of nitrogens with two attached hydrogens (primary N) is 1. The first-order chi connectivity index (χ1) is 8.31. The molecule has 0 aliphatic carbocycles. The zero-order valence-corrected chi connectivity index (χ0v) is 12.3. The van der Waals surface area contributed by atoms with Crippen LogP contribution in [0.1, 0.15) is 25.8 Å². The van der Waals surface area contributed by atoms with Gasteiger partial charge in [-0.2, -0.15) is 0 Å². The number of anilines is 1. The second kappa shape index (κ2) is 6.41. The number of aryl methyl sites for hydroxylation is 1. The van der Waals surface area contributed by atoms with Gasteiger partial charge < -0.3 is 11.1 Å². The van der Waals surface area contributed by atoms with Gasteiger partial charge in [-0.05, 0) is 37.0 Å². The Labute approximate surface area is 118 Å². The van der Waals surface area contributed by atoms with Gasteiger partial charge in [0.15, 0.2) is 0 Å². The van der Waals surface area contributed by atoms with Crippen LogP contribution in [0.3, 0.4) is 0 Å². The summed E-state index contributed by atoms with van der Waals surface area (Å²) in [6.45, 7) is 5.88. The highest BCUT2D eigenvalue weighted by Crippen LogP contribution is 2.28. The van der Waals surface area contributed by atoms with Crippen molar-refractivity contribution in [2.75, 3.05) is 5.32 Å². The summed E-state index contributed by atoms with van der Waals surface area (Å²) >= 11 is 12.0. The highest BCUT2D eigenvalue weighted by atomic mass is 35.5. The Morgan fingerprint density at radius 2 is 1.94 bits per heavy atom. The standard InChI is InChI=1S/C13H18Cl2N2O/c1-7(2)4-11(16)13(18)17-12-6-9(14)8(3)5-10(12)15/h5-7,11H,4,16H2,1-3H3,(H,17,18). The molecule has 1 amide bonds. The van der Waals surface area contributed by atoms with E-state index in [0.29, 0.717) is 28.1 Å². The van der Waals surface area contributed by atoms with Crippen molar-refractivity contribution < 1.29 is 4.79 Å². The predicted octanol–water partition coefficient (Wildman–Crippen LogP) is 3.61. The van der Waals surface area contributed by atoms with Crippen molar-refractivity contribution in [1.82, 2.24) is 0 Å². The van der Waals surface area contributed by atoms with Gasteiger partial charge in [-0.1, -0.05) is 37.0 Å². The minimum atomic E-state index is -0.541. The third kappa shape index (κ3) is 4.16. The molecule has 0 saturated heterocycles. The number of carbonyl (C=O) groups excluding carboxylic acids is 1. The molecule has 0 aromatic heterocycles. The van der Waals surface area contributed by atoms with E-state index in [4.69, 9.17) is 28.9 Å². The third-order valence-corrected chi connectivity index (χ3v) is 3.29. The number of nitrogens with one attached hydrogen (secondary N) is 1. The van der Waals surface area contributed by atoms with Gasteiger partial charge in [0.05, 0.1) is 16.8 Å². The van der Waals surface area contributed by atoms with Crippen LogP contribution < -0.4 is 11.1 Å². The van der Waals surface area contributed by atoms with Crippen LogP contribution in [0.25, 0.3) is 0 Å². The van der Waals surface area contributed by atoms with Crippen LogP contribution in [0.15, 0.2) is 12.1 Å². The fraction of sp³-hybridized carbons (Fsp3) is 0.462. The number of rotatable bonds is 4. The molecule has 0 heterocycles. The summed E-state index contributed by atoms with van der Waals surface area (Å²) in [5.41, 5.74) is 7.16. The molecule has 3 N–H and O–H groups in total. The molecule has 1 unspecified atom stereocenters. The number of benzene rings is 1. The quantitative estimate of drug-likeness (QED) is 0.889. The number of amides is 1. The van der Waals surface area contributed by atoms with Crippen molar-refractivity contribution in [3.05, 3.63) is 27.7 Å². The smallest absolute Gasteiger partial charge is 0.241 e. The lowest BCUT2D eigenvalue weighted by Crippen LogP contribution is -2.36. The molecule has 5 heteroatoms. The third-order valence-electron chi connectivity index (χ3n) is 2.57. The highest BCUT2D eigenvalue weighted by Gasteiger charge is 2.16. The lowest BCUT2D eigenvalue weighted by Gasteiger charge is -2.15. The maximum absolute atomic E-state index is 11.9. The molecule has 0 aliphatic heterocycles. The minimum Gasteiger partial charge on any atom is -0.323 e. The molecule has 1 atom stereocenters. The van der Waals surface area contributed by atoms with Crippen LogP contribution in [0.2, 0.25) is 10.0 Å². The molecule has 100 valence electrons. The molecular weight excluding hydrogens is 271 g/mol. The zero-order chi connectivity index (χ0) is 13.9. The maximum atomic E-state index is 11.9. The molecule has 0 spiro atoms. The largest absolute Gasteiger partial charge is 0.323 e. The monoisotopic (exact) mass is 288 g/mol. The van der Waals surface area contributed by atoms with Gasteiger partial charge in [-0.25, -0.2) is 0 Å². The van der Waals surface area contributed by atoms with Gasteiger partial charge in [0.1, 0.15) is 0 Å². The summed E-state index contributed by atoms with van der Waals surface area (Å²) in [5, 5.41) is 3.73. The first-order valence-corrected chi connectivity index (χ1v) is 6.59. The molecule has 0 bridgehead atoms. The van der Waals surface area contributed by atoms with E-state index in [1.54, 1.807) is 12.1 Å². The Balaban J connectivity index is 2.79. The Morgan fingerprint density at radius 3 is 2.50 bits per heavy atom. The molecule has 0 saturated carbocycles. The molecule has 1 aromatic carbocycles. The maximum Gasteiger partial charge on any atom is 0.241 e. The lowest BCUT2D eigenvalue weighted by atomic mass is 10.0. The average Bonchev–Trinajstić information content (AvgIpc) is 2.24. The van der Waals surface area contributed by atoms with E-state index in [9.17, 15) is 4.79 Å². The number of carbonyl (C=O) groups is 1. The van der Waals surface area contributed by atoms with Gasteiger partial charge in [-0.15, -0.1) is 0 Å².